The van der Waals surface area contributed by atoms with Gasteiger partial charge in [0.2, 0.25) is 5.96 Å². The Balaban J connectivity index is 1.55. The summed E-state index contributed by atoms with van der Waals surface area (Å²) in [4.78, 5) is 11.1. The standard InChI is InChI=1S/C21H23N9O2/c22-11-15-17(24)16-18(27-21(26-12-23)29-20(16)28-19(15)25)13-1-3-14(4-2-13)32-10-7-30-5-8-31-9-6-30/h1-4,18H,5-10H2,(H6,24,25,26,27,28,29). The van der Waals surface area contributed by atoms with E-state index in [1.54, 1.807) is 0 Å². The first kappa shape index (κ1) is 21.2. The van der Waals surface area contributed by atoms with Crippen LogP contribution < -0.4 is 26.8 Å². The Morgan fingerprint density at radius 1 is 1.22 bits per heavy atom. The van der Waals surface area contributed by atoms with Crippen molar-refractivity contribution in [3.63, 3.8) is 0 Å². The van der Waals surface area contributed by atoms with Gasteiger partial charge in [-0.25, -0.2) is 9.98 Å². The van der Waals surface area contributed by atoms with Crippen LogP contribution in [0.5, 0.6) is 5.75 Å². The van der Waals surface area contributed by atoms with E-state index in [1.165, 1.54) is 0 Å². The zero-order chi connectivity index (χ0) is 22.5. The summed E-state index contributed by atoms with van der Waals surface area (Å²) in [6.45, 7) is 4.75. The number of rotatable bonds is 5. The van der Waals surface area contributed by atoms with E-state index in [4.69, 9.17) is 26.2 Å². The number of hydrogen-bond acceptors (Lipinski definition) is 11. The highest BCUT2D eigenvalue weighted by molar-refractivity contribution is 5.98. The number of anilines is 3. The fourth-order valence-electron chi connectivity index (χ4n) is 3.69. The molecule has 0 bridgehead atoms. The molecular formula is C21H23N9O2. The van der Waals surface area contributed by atoms with Gasteiger partial charge in [-0.15, -0.1) is 0 Å². The van der Waals surface area contributed by atoms with Crippen molar-refractivity contribution in [2.75, 3.05) is 56.2 Å². The molecule has 2 aromatic rings. The van der Waals surface area contributed by atoms with Crippen LogP contribution in [-0.4, -0.2) is 55.3 Å². The maximum Gasteiger partial charge on any atom is 0.211 e. The molecule has 1 unspecified atom stereocenters. The van der Waals surface area contributed by atoms with Gasteiger partial charge in [-0.3, -0.25) is 10.2 Å². The van der Waals surface area contributed by atoms with E-state index < -0.39 is 6.04 Å². The van der Waals surface area contributed by atoms with Gasteiger partial charge in [0.15, 0.2) is 6.19 Å². The van der Waals surface area contributed by atoms with Crippen molar-refractivity contribution in [3.8, 4) is 18.0 Å². The van der Waals surface area contributed by atoms with Gasteiger partial charge >= 0.3 is 0 Å². The fourth-order valence-corrected chi connectivity index (χ4v) is 3.69. The van der Waals surface area contributed by atoms with Gasteiger partial charge in [-0.05, 0) is 17.7 Å². The minimum atomic E-state index is -0.579. The number of guanidine groups is 1. The van der Waals surface area contributed by atoms with Crippen molar-refractivity contribution < 1.29 is 9.47 Å². The molecule has 2 aliphatic heterocycles. The molecule has 0 radical (unpaired) electrons. The van der Waals surface area contributed by atoms with Crippen LogP contribution >= 0.6 is 0 Å². The highest BCUT2D eigenvalue weighted by Gasteiger charge is 2.29. The van der Waals surface area contributed by atoms with Crippen molar-refractivity contribution in [2.24, 2.45) is 4.99 Å². The predicted octanol–water partition coefficient (Wildman–Crippen LogP) is 0.770. The minimum absolute atomic E-state index is 0.0113. The third kappa shape index (κ3) is 4.34. The van der Waals surface area contributed by atoms with Crippen LogP contribution in [0.25, 0.3) is 0 Å². The van der Waals surface area contributed by atoms with E-state index in [1.807, 2.05) is 36.5 Å². The van der Waals surface area contributed by atoms with E-state index in [0.717, 1.165) is 44.2 Å². The molecular weight excluding hydrogens is 410 g/mol. The molecule has 0 saturated carbocycles. The minimum Gasteiger partial charge on any atom is -0.492 e. The third-order valence-electron chi connectivity index (χ3n) is 5.33. The molecule has 164 valence electrons. The van der Waals surface area contributed by atoms with Crippen LogP contribution in [-0.2, 0) is 4.74 Å². The van der Waals surface area contributed by atoms with Crippen LogP contribution in [0, 0.1) is 22.8 Å². The molecule has 32 heavy (non-hydrogen) atoms. The number of benzene rings is 1. The maximum atomic E-state index is 9.42. The van der Waals surface area contributed by atoms with Gasteiger partial charge in [0.25, 0.3) is 0 Å². The molecule has 6 N–H and O–H groups in total. The molecule has 1 aromatic heterocycles. The Bertz CT molecular complexity index is 1100. The fraction of sp³-hybridized carbons (Fsp3) is 0.333. The average Bonchev–Trinajstić information content (AvgIpc) is 2.80. The van der Waals surface area contributed by atoms with Crippen LogP contribution in [0.15, 0.2) is 29.3 Å². The Morgan fingerprint density at radius 3 is 2.66 bits per heavy atom. The molecule has 1 fully saturated rings. The molecule has 1 atom stereocenters. The van der Waals surface area contributed by atoms with Crippen molar-refractivity contribution >= 4 is 23.3 Å². The molecule has 1 aromatic carbocycles. The summed E-state index contributed by atoms with van der Waals surface area (Å²) >= 11 is 0. The van der Waals surface area contributed by atoms with Gasteiger partial charge in [0, 0.05) is 25.2 Å². The number of ether oxygens (including phenoxy) is 2. The quantitative estimate of drug-likeness (QED) is 0.390. The topological polar surface area (TPSA) is 171 Å². The highest BCUT2D eigenvalue weighted by Crippen LogP contribution is 2.40. The number of aliphatic imine (C=N–C) groups is 1. The summed E-state index contributed by atoms with van der Waals surface area (Å²) in [5, 5.41) is 23.8. The summed E-state index contributed by atoms with van der Waals surface area (Å²) in [6, 6.07) is 8.88. The van der Waals surface area contributed by atoms with Gasteiger partial charge < -0.3 is 26.3 Å². The smallest absolute Gasteiger partial charge is 0.211 e. The lowest BCUT2D eigenvalue weighted by Gasteiger charge is -2.27. The van der Waals surface area contributed by atoms with Crippen LogP contribution in [0.1, 0.15) is 22.7 Å². The largest absolute Gasteiger partial charge is 0.492 e. The van der Waals surface area contributed by atoms with Crippen molar-refractivity contribution in [1.29, 1.82) is 10.5 Å². The summed E-state index contributed by atoms with van der Waals surface area (Å²) in [7, 11) is 0. The third-order valence-corrected chi connectivity index (χ3v) is 5.33. The molecule has 11 nitrogen and oxygen atoms in total. The second-order valence-electron chi connectivity index (χ2n) is 7.27. The molecule has 0 amide bonds. The number of pyridine rings is 1. The second-order valence-corrected chi connectivity index (χ2v) is 7.27. The Hall–Kier alpha value is -4.06. The number of fused-ring (bicyclic) bond motifs is 1. The normalized spacial score (nSPS) is 17.8. The van der Waals surface area contributed by atoms with Crippen molar-refractivity contribution in [1.82, 2.24) is 15.2 Å². The molecule has 0 aliphatic carbocycles. The number of nitriles is 2. The summed E-state index contributed by atoms with van der Waals surface area (Å²) in [5.41, 5.74) is 13.8. The number of nitrogens with two attached hydrogens (primary N) is 2. The summed E-state index contributed by atoms with van der Waals surface area (Å²) in [5.74, 6) is 1.31. The average molecular weight is 433 g/mol. The van der Waals surface area contributed by atoms with Crippen LogP contribution in [0.3, 0.4) is 0 Å². The zero-order valence-electron chi connectivity index (χ0n) is 17.3. The van der Waals surface area contributed by atoms with E-state index in [-0.39, 0.29) is 23.0 Å². The first-order valence-corrected chi connectivity index (χ1v) is 10.1. The zero-order valence-corrected chi connectivity index (χ0v) is 17.3. The highest BCUT2D eigenvalue weighted by atomic mass is 16.5. The number of morpholine rings is 1. The molecule has 3 heterocycles. The summed E-state index contributed by atoms with van der Waals surface area (Å²) < 4.78 is 11.2. The summed E-state index contributed by atoms with van der Waals surface area (Å²) in [6.07, 6.45) is 1.83. The number of aromatic nitrogens is 1. The second kappa shape index (κ2) is 9.39. The van der Waals surface area contributed by atoms with E-state index in [0.29, 0.717) is 18.0 Å². The molecule has 1 saturated heterocycles. The number of nitrogens with zero attached hydrogens (tertiary/aromatic N) is 5. The van der Waals surface area contributed by atoms with Crippen molar-refractivity contribution in [2.45, 2.75) is 6.04 Å². The van der Waals surface area contributed by atoms with Crippen LogP contribution in [0.4, 0.5) is 17.3 Å². The van der Waals surface area contributed by atoms with E-state index in [2.05, 4.69) is 25.5 Å². The maximum absolute atomic E-state index is 9.42. The molecule has 2 aliphatic rings. The Morgan fingerprint density at radius 2 is 1.97 bits per heavy atom. The molecule has 0 spiro atoms. The van der Waals surface area contributed by atoms with E-state index >= 15 is 0 Å². The first-order valence-electron chi connectivity index (χ1n) is 10.1. The van der Waals surface area contributed by atoms with Gasteiger partial charge in [0.05, 0.1) is 18.9 Å². The van der Waals surface area contributed by atoms with Gasteiger partial charge in [0.1, 0.15) is 41.7 Å². The Labute approximate surface area is 185 Å². The lowest BCUT2D eigenvalue weighted by molar-refractivity contribution is 0.0322. The molecule has 4 rings (SSSR count). The van der Waals surface area contributed by atoms with E-state index in [9.17, 15) is 5.26 Å². The first-order chi connectivity index (χ1) is 15.6. The number of nitrogens with one attached hydrogen (secondary N) is 2. The number of nitrogen functional groups attached to an aromatic ring is 2. The predicted molar refractivity (Wildman–Crippen MR) is 119 cm³/mol. The van der Waals surface area contributed by atoms with Crippen molar-refractivity contribution in [3.05, 3.63) is 41.0 Å². The number of hydrogen-bond donors (Lipinski definition) is 4. The Kier molecular flexibility index (Phi) is 6.22. The van der Waals surface area contributed by atoms with Gasteiger partial charge in [-0.1, -0.05) is 12.1 Å². The van der Waals surface area contributed by atoms with Crippen LogP contribution in [0.2, 0.25) is 0 Å². The lowest BCUT2D eigenvalue weighted by atomic mass is 9.95. The van der Waals surface area contributed by atoms with Gasteiger partial charge in [-0.2, -0.15) is 10.5 Å². The monoisotopic (exact) mass is 433 g/mol. The molecule has 11 heteroatoms. The lowest BCUT2D eigenvalue weighted by Crippen LogP contribution is -2.38. The SMILES string of the molecule is N#CNC1=NC(c2ccc(OCCN3CCOCC3)cc2)c2c(nc(N)c(C#N)c2N)N1.